The summed E-state index contributed by atoms with van der Waals surface area (Å²) in [5.74, 6) is 0. The van der Waals surface area contributed by atoms with Crippen LogP contribution in [0.1, 0.15) is 0 Å². The van der Waals surface area contributed by atoms with E-state index in [1.54, 1.807) is 0 Å². The fourth-order valence-corrected chi connectivity index (χ4v) is 1.00. The van der Waals surface area contributed by atoms with Crippen LogP contribution in [0.2, 0.25) is 0 Å². The summed E-state index contributed by atoms with van der Waals surface area (Å²) in [7, 11) is 0. The van der Waals surface area contributed by atoms with Gasteiger partial charge in [-0.05, 0) is 10.5 Å². The minimum atomic E-state index is -0.448. The Morgan fingerprint density at radius 1 is 1.00 bits per heavy atom. The van der Waals surface area contributed by atoms with Gasteiger partial charge in [-0.25, -0.2) is 9.59 Å². The molecule has 0 saturated heterocycles. The maximum Gasteiger partial charge on any atom is 0.426 e. The van der Waals surface area contributed by atoms with Crippen molar-refractivity contribution in [1.82, 2.24) is 10.5 Å². The standard InChI is InChI=1S/C6H6N4O4/c11-5-3-9(7-13-5)1-2-10-4-6(12)14-8-10/h3-4H,1-2H2/p+2. The Kier molecular flexibility index (Phi) is 2.01. The van der Waals surface area contributed by atoms with E-state index in [9.17, 15) is 9.59 Å². The van der Waals surface area contributed by atoms with Crippen LogP contribution in [-0.2, 0) is 13.1 Å². The lowest BCUT2D eigenvalue weighted by atomic mass is 10.6. The van der Waals surface area contributed by atoms with Crippen molar-refractivity contribution in [3.05, 3.63) is 33.2 Å². The largest absolute Gasteiger partial charge is 0.426 e. The highest BCUT2D eigenvalue weighted by Crippen LogP contribution is 1.65. The molecule has 0 fully saturated rings. The molecule has 0 spiro atoms. The molecule has 2 heterocycles. The van der Waals surface area contributed by atoms with Gasteiger partial charge in [0.1, 0.15) is 0 Å². The van der Waals surface area contributed by atoms with E-state index < -0.39 is 11.3 Å². The van der Waals surface area contributed by atoms with Crippen molar-refractivity contribution >= 4 is 0 Å². The van der Waals surface area contributed by atoms with Crippen molar-refractivity contribution in [1.29, 1.82) is 0 Å². The van der Waals surface area contributed by atoms with Crippen LogP contribution >= 0.6 is 0 Å². The molecule has 2 aromatic rings. The second-order valence-electron chi connectivity index (χ2n) is 2.67. The lowest BCUT2D eigenvalue weighted by molar-refractivity contribution is -0.837. The third-order valence-electron chi connectivity index (χ3n) is 1.63. The lowest BCUT2D eigenvalue weighted by Gasteiger charge is -1.82. The number of hydrogen-bond acceptors (Lipinski definition) is 4. The quantitative estimate of drug-likeness (QED) is 0.536. The highest BCUT2D eigenvalue weighted by molar-refractivity contribution is 4.49. The van der Waals surface area contributed by atoms with Crippen molar-refractivity contribution in [2.24, 2.45) is 0 Å². The predicted octanol–water partition coefficient (Wildman–Crippen LogP) is -2.48. The van der Waals surface area contributed by atoms with Crippen molar-refractivity contribution < 1.29 is 18.4 Å². The first-order valence-electron chi connectivity index (χ1n) is 3.90. The average molecular weight is 200 g/mol. The Hall–Kier alpha value is -2.12. The second-order valence-corrected chi connectivity index (χ2v) is 2.67. The van der Waals surface area contributed by atoms with E-state index in [1.807, 2.05) is 0 Å². The van der Waals surface area contributed by atoms with Crippen molar-refractivity contribution in [3.8, 4) is 0 Å². The molecule has 0 unspecified atom stereocenters. The number of hydrogen-bond donors (Lipinski definition) is 2. The average Bonchev–Trinajstić information content (AvgIpc) is 2.72. The molecule has 8 heteroatoms. The molecule has 2 rings (SSSR count). The molecule has 2 N–H and O–H groups in total. The summed E-state index contributed by atoms with van der Waals surface area (Å²) in [5.41, 5.74) is -0.897. The van der Waals surface area contributed by atoms with E-state index in [2.05, 4.69) is 19.6 Å². The monoisotopic (exact) mass is 200 g/mol. The van der Waals surface area contributed by atoms with Gasteiger partial charge in [-0.2, -0.15) is 0 Å². The number of nitrogens with zero attached hydrogens (tertiary/aromatic N) is 2. The fraction of sp³-hybridized carbons (Fsp3) is 0.333. The number of rotatable bonds is 3. The third kappa shape index (κ3) is 1.79. The SMILES string of the molecule is O=c1c[n+](CC[n+]2cc(=O)o[nH]2)[nH]o1. The molecule has 2 aromatic heterocycles. The molecule has 0 amide bonds. The third-order valence-corrected chi connectivity index (χ3v) is 1.63. The molecular formula is C6H8N4O4+2. The van der Waals surface area contributed by atoms with E-state index in [0.29, 0.717) is 13.1 Å². The predicted molar refractivity (Wildman–Crippen MR) is 39.0 cm³/mol. The topological polar surface area (TPSA) is 99.8 Å². The van der Waals surface area contributed by atoms with Gasteiger partial charge in [0, 0.05) is 0 Å². The van der Waals surface area contributed by atoms with E-state index in [1.165, 1.54) is 21.8 Å². The maximum absolute atomic E-state index is 10.6. The Morgan fingerprint density at radius 3 is 1.71 bits per heavy atom. The van der Waals surface area contributed by atoms with Gasteiger partial charge in [-0.3, -0.25) is 9.05 Å². The molecule has 0 atom stereocenters. The zero-order valence-corrected chi connectivity index (χ0v) is 7.10. The van der Waals surface area contributed by atoms with Gasteiger partial charge >= 0.3 is 11.3 Å². The molecule has 0 bridgehead atoms. The Balaban J connectivity index is 2.01. The summed E-state index contributed by atoms with van der Waals surface area (Å²) < 4.78 is 11.8. The second kappa shape index (κ2) is 3.32. The van der Waals surface area contributed by atoms with Crippen LogP contribution < -0.4 is 20.6 Å². The van der Waals surface area contributed by atoms with Gasteiger partial charge < -0.3 is 0 Å². The van der Waals surface area contributed by atoms with Gasteiger partial charge in [-0.1, -0.05) is 9.36 Å². The van der Waals surface area contributed by atoms with Crippen molar-refractivity contribution in [2.45, 2.75) is 13.1 Å². The minimum absolute atomic E-state index is 0.448. The summed E-state index contributed by atoms with van der Waals surface area (Å²) >= 11 is 0. The van der Waals surface area contributed by atoms with E-state index in [-0.39, 0.29) is 0 Å². The molecule has 0 aliphatic carbocycles. The highest BCUT2D eigenvalue weighted by atomic mass is 16.5. The Labute approximate surface area is 76.3 Å². The van der Waals surface area contributed by atoms with Crippen molar-refractivity contribution in [2.75, 3.05) is 0 Å². The van der Waals surface area contributed by atoms with Crippen LogP contribution in [0, 0.1) is 0 Å². The molecule has 0 saturated carbocycles. The summed E-state index contributed by atoms with van der Waals surface area (Å²) in [6.45, 7) is 0.928. The Bertz CT molecular complexity index is 470. The molecule has 0 aromatic carbocycles. The van der Waals surface area contributed by atoms with Gasteiger partial charge in [0.15, 0.2) is 0 Å². The van der Waals surface area contributed by atoms with Gasteiger partial charge in [0.25, 0.3) is 12.4 Å². The number of aryl methyl sites for hydroxylation is 2. The fourth-order valence-electron chi connectivity index (χ4n) is 1.00. The molecule has 0 radical (unpaired) electrons. The summed E-state index contributed by atoms with van der Waals surface area (Å²) in [6.07, 6.45) is 2.55. The zero-order chi connectivity index (χ0) is 9.97. The van der Waals surface area contributed by atoms with Crippen LogP contribution in [0.5, 0.6) is 0 Å². The normalized spacial score (nSPS) is 10.6. The first-order chi connectivity index (χ1) is 6.74. The van der Waals surface area contributed by atoms with Crippen molar-refractivity contribution in [3.63, 3.8) is 0 Å². The maximum atomic E-state index is 10.6. The van der Waals surface area contributed by atoms with Gasteiger partial charge in [-0.15, -0.1) is 0 Å². The molecule has 14 heavy (non-hydrogen) atoms. The lowest BCUT2D eigenvalue weighted by Crippen LogP contribution is -2.46. The van der Waals surface area contributed by atoms with Crippen LogP contribution in [0.4, 0.5) is 0 Å². The number of nitrogens with one attached hydrogen (secondary N) is 2. The smallest absolute Gasteiger partial charge is 0.284 e. The summed E-state index contributed by atoms with van der Waals surface area (Å²) in [6, 6.07) is 0. The minimum Gasteiger partial charge on any atom is -0.284 e. The molecular weight excluding hydrogens is 192 g/mol. The van der Waals surface area contributed by atoms with Crippen LogP contribution in [0.15, 0.2) is 31.0 Å². The first kappa shape index (κ1) is 8.48. The number of aromatic nitrogens is 4. The van der Waals surface area contributed by atoms with E-state index >= 15 is 0 Å². The molecule has 74 valence electrons. The van der Waals surface area contributed by atoms with Gasteiger partial charge in [0.05, 0.1) is 0 Å². The zero-order valence-electron chi connectivity index (χ0n) is 7.10. The first-order valence-corrected chi connectivity index (χ1v) is 3.90. The van der Waals surface area contributed by atoms with E-state index in [4.69, 9.17) is 0 Å². The number of H-pyrrole nitrogens is 2. The van der Waals surface area contributed by atoms with Crippen LogP contribution in [0.3, 0.4) is 0 Å². The van der Waals surface area contributed by atoms with Crippen LogP contribution in [0.25, 0.3) is 0 Å². The van der Waals surface area contributed by atoms with Crippen LogP contribution in [-0.4, -0.2) is 10.5 Å². The molecule has 0 aliphatic heterocycles. The molecule has 0 aliphatic rings. The van der Waals surface area contributed by atoms with E-state index in [0.717, 1.165) is 0 Å². The summed E-state index contributed by atoms with van der Waals surface area (Å²) in [5, 5.41) is 4.75. The molecule has 8 nitrogen and oxygen atoms in total. The Morgan fingerprint density at radius 2 is 1.43 bits per heavy atom. The summed E-state index contributed by atoms with van der Waals surface area (Å²) in [4.78, 5) is 21.2. The highest BCUT2D eigenvalue weighted by Gasteiger charge is 2.12. The van der Waals surface area contributed by atoms with Gasteiger partial charge in [0.2, 0.25) is 13.1 Å². The number of aromatic amines is 2.